The molecule has 0 spiro atoms. The molecule has 7 heteroatoms. The fourth-order valence-electron chi connectivity index (χ4n) is 2.76. The molecule has 0 radical (unpaired) electrons. The predicted octanol–water partition coefficient (Wildman–Crippen LogP) is 4.98. The maximum Gasteiger partial charge on any atom is 0.276 e. The van der Waals surface area contributed by atoms with Gasteiger partial charge in [0.25, 0.3) is 5.91 Å². The van der Waals surface area contributed by atoms with Crippen molar-refractivity contribution in [3.63, 3.8) is 0 Å². The summed E-state index contributed by atoms with van der Waals surface area (Å²) in [6, 6.07) is 18.1. The van der Waals surface area contributed by atoms with E-state index in [0.717, 1.165) is 5.56 Å². The Labute approximate surface area is 165 Å². The lowest BCUT2D eigenvalue weighted by molar-refractivity contribution is 0.102. The van der Waals surface area contributed by atoms with E-state index in [1.165, 1.54) is 12.1 Å². The molecule has 1 amide bonds. The van der Waals surface area contributed by atoms with E-state index in [2.05, 4.69) is 15.4 Å². The number of benzene rings is 2. The van der Waals surface area contributed by atoms with Crippen molar-refractivity contribution < 1.29 is 9.18 Å². The lowest BCUT2D eigenvalue weighted by Gasteiger charge is -2.07. The molecule has 2 heterocycles. The third-order valence-corrected chi connectivity index (χ3v) is 4.31. The summed E-state index contributed by atoms with van der Waals surface area (Å²) in [6.07, 6.45) is 3.31. The molecule has 0 saturated heterocycles. The molecule has 5 nitrogen and oxygen atoms in total. The van der Waals surface area contributed by atoms with Crippen molar-refractivity contribution in [1.82, 2.24) is 14.8 Å². The lowest BCUT2D eigenvalue weighted by Crippen LogP contribution is -2.13. The summed E-state index contributed by atoms with van der Waals surface area (Å²) in [5.41, 5.74) is 2.93. The number of amides is 1. The zero-order valence-electron chi connectivity index (χ0n) is 14.5. The van der Waals surface area contributed by atoms with E-state index in [-0.39, 0.29) is 17.4 Å². The molecule has 138 valence electrons. The van der Waals surface area contributed by atoms with Gasteiger partial charge in [0.15, 0.2) is 5.69 Å². The highest BCUT2D eigenvalue weighted by Crippen LogP contribution is 2.24. The fourth-order valence-corrected chi connectivity index (χ4v) is 2.95. The molecule has 28 heavy (non-hydrogen) atoms. The van der Waals surface area contributed by atoms with Crippen LogP contribution in [0.1, 0.15) is 10.5 Å². The Bertz CT molecular complexity index is 1130. The number of anilines is 1. The van der Waals surface area contributed by atoms with Crippen LogP contribution in [0.25, 0.3) is 16.9 Å². The van der Waals surface area contributed by atoms with Gasteiger partial charge in [-0.1, -0.05) is 17.7 Å². The van der Waals surface area contributed by atoms with Crippen LogP contribution in [0.5, 0.6) is 0 Å². The Kier molecular flexibility index (Phi) is 4.87. The molecule has 0 unspecified atom stereocenters. The molecule has 2 aromatic carbocycles. The minimum Gasteiger partial charge on any atom is -0.321 e. The molecular weight excluding hydrogens is 379 g/mol. The van der Waals surface area contributed by atoms with Gasteiger partial charge in [-0.15, -0.1) is 0 Å². The third kappa shape index (κ3) is 3.77. The topological polar surface area (TPSA) is 59.8 Å². The van der Waals surface area contributed by atoms with Gasteiger partial charge in [0, 0.05) is 28.7 Å². The van der Waals surface area contributed by atoms with E-state index < -0.39 is 0 Å². The number of halogens is 2. The van der Waals surface area contributed by atoms with E-state index in [1.54, 1.807) is 59.5 Å². The van der Waals surface area contributed by atoms with Gasteiger partial charge in [-0.3, -0.25) is 9.78 Å². The maximum absolute atomic E-state index is 13.3. The Balaban J connectivity index is 1.74. The zero-order valence-corrected chi connectivity index (χ0v) is 15.3. The SMILES string of the molecule is O=C(Nc1cccc(Cl)c1)c1cc(-c2ccncc2)n(-c2ccc(F)cc2)n1. The highest BCUT2D eigenvalue weighted by atomic mass is 35.5. The molecule has 0 fully saturated rings. The molecule has 0 bridgehead atoms. The van der Waals surface area contributed by atoms with Crippen molar-refractivity contribution in [3.8, 4) is 16.9 Å². The number of hydrogen-bond donors (Lipinski definition) is 1. The lowest BCUT2D eigenvalue weighted by atomic mass is 10.2. The second-order valence-corrected chi connectivity index (χ2v) is 6.44. The van der Waals surface area contributed by atoms with Crippen LogP contribution < -0.4 is 5.32 Å². The van der Waals surface area contributed by atoms with Gasteiger partial charge in [0.1, 0.15) is 5.82 Å². The number of pyridine rings is 1. The molecule has 0 aliphatic rings. The molecule has 0 saturated carbocycles. The van der Waals surface area contributed by atoms with Crippen molar-refractivity contribution >= 4 is 23.2 Å². The summed E-state index contributed by atoms with van der Waals surface area (Å²) in [5, 5.41) is 7.73. The van der Waals surface area contributed by atoms with E-state index in [9.17, 15) is 9.18 Å². The van der Waals surface area contributed by atoms with E-state index in [4.69, 9.17) is 11.6 Å². The summed E-state index contributed by atoms with van der Waals surface area (Å²) >= 11 is 5.97. The summed E-state index contributed by atoms with van der Waals surface area (Å²) < 4.78 is 14.9. The third-order valence-electron chi connectivity index (χ3n) is 4.07. The van der Waals surface area contributed by atoms with Crippen LogP contribution in [-0.4, -0.2) is 20.7 Å². The monoisotopic (exact) mass is 392 g/mol. The van der Waals surface area contributed by atoms with E-state index >= 15 is 0 Å². The summed E-state index contributed by atoms with van der Waals surface area (Å²) in [4.78, 5) is 16.7. The Morgan fingerprint density at radius 2 is 1.75 bits per heavy atom. The van der Waals surface area contributed by atoms with Crippen LogP contribution in [0.15, 0.2) is 79.1 Å². The van der Waals surface area contributed by atoms with Crippen molar-refractivity contribution in [2.75, 3.05) is 5.32 Å². The van der Waals surface area contributed by atoms with Crippen LogP contribution >= 0.6 is 11.6 Å². The molecule has 4 rings (SSSR count). The first-order chi connectivity index (χ1) is 13.6. The van der Waals surface area contributed by atoms with Crippen LogP contribution in [0.2, 0.25) is 5.02 Å². The van der Waals surface area contributed by atoms with Gasteiger partial charge in [0.05, 0.1) is 11.4 Å². The summed E-state index contributed by atoms with van der Waals surface area (Å²) in [5.74, 6) is -0.723. The summed E-state index contributed by atoms with van der Waals surface area (Å²) in [6.45, 7) is 0. The molecule has 1 N–H and O–H groups in total. The molecule has 0 atom stereocenters. The van der Waals surface area contributed by atoms with Gasteiger partial charge in [-0.25, -0.2) is 9.07 Å². The van der Waals surface area contributed by atoms with E-state index in [0.29, 0.717) is 22.1 Å². The first-order valence-corrected chi connectivity index (χ1v) is 8.81. The average molecular weight is 393 g/mol. The Hall–Kier alpha value is -3.51. The maximum atomic E-state index is 13.3. The first kappa shape index (κ1) is 17.9. The summed E-state index contributed by atoms with van der Waals surface area (Å²) in [7, 11) is 0. The minimum absolute atomic E-state index is 0.219. The van der Waals surface area contributed by atoms with Crippen LogP contribution in [0, 0.1) is 5.82 Å². The standard InChI is InChI=1S/C21H14ClFN4O/c22-15-2-1-3-17(12-15)25-21(28)19-13-20(14-8-10-24-11-9-14)27(26-19)18-6-4-16(23)5-7-18/h1-13H,(H,25,28). The number of rotatable bonds is 4. The highest BCUT2D eigenvalue weighted by molar-refractivity contribution is 6.30. The fraction of sp³-hybridized carbons (Fsp3) is 0. The number of hydrogen-bond acceptors (Lipinski definition) is 3. The molecule has 2 aromatic heterocycles. The molecule has 0 aliphatic heterocycles. The van der Waals surface area contributed by atoms with Gasteiger partial charge < -0.3 is 5.32 Å². The van der Waals surface area contributed by atoms with E-state index in [1.807, 2.05) is 12.1 Å². The Morgan fingerprint density at radius 1 is 1.00 bits per heavy atom. The number of carbonyl (C=O) groups is 1. The highest BCUT2D eigenvalue weighted by Gasteiger charge is 2.17. The predicted molar refractivity (Wildman–Crippen MR) is 106 cm³/mol. The van der Waals surface area contributed by atoms with Crippen molar-refractivity contribution in [2.24, 2.45) is 0 Å². The first-order valence-electron chi connectivity index (χ1n) is 8.43. The van der Waals surface area contributed by atoms with Gasteiger partial charge >= 0.3 is 0 Å². The zero-order chi connectivity index (χ0) is 19.5. The molecule has 4 aromatic rings. The van der Waals surface area contributed by atoms with Crippen molar-refractivity contribution in [2.45, 2.75) is 0 Å². The Morgan fingerprint density at radius 3 is 2.46 bits per heavy atom. The number of nitrogens with zero attached hydrogens (tertiary/aromatic N) is 3. The largest absolute Gasteiger partial charge is 0.321 e. The number of carbonyl (C=O) groups excluding carboxylic acids is 1. The van der Waals surface area contributed by atoms with Crippen LogP contribution in [0.4, 0.5) is 10.1 Å². The smallest absolute Gasteiger partial charge is 0.276 e. The normalized spacial score (nSPS) is 10.6. The number of nitrogens with one attached hydrogen (secondary N) is 1. The van der Waals surface area contributed by atoms with Gasteiger partial charge in [-0.05, 0) is 60.7 Å². The second kappa shape index (κ2) is 7.62. The van der Waals surface area contributed by atoms with Crippen LogP contribution in [-0.2, 0) is 0 Å². The molecular formula is C21H14ClFN4O. The quantitative estimate of drug-likeness (QED) is 0.533. The van der Waals surface area contributed by atoms with Crippen LogP contribution in [0.3, 0.4) is 0 Å². The van der Waals surface area contributed by atoms with Crippen molar-refractivity contribution in [1.29, 1.82) is 0 Å². The number of aromatic nitrogens is 3. The van der Waals surface area contributed by atoms with Crippen molar-refractivity contribution in [3.05, 3.63) is 95.7 Å². The van der Waals surface area contributed by atoms with Gasteiger partial charge in [-0.2, -0.15) is 5.10 Å². The van der Waals surface area contributed by atoms with Gasteiger partial charge in [0.2, 0.25) is 0 Å². The minimum atomic E-state index is -0.376. The second-order valence-electron chi connectivity index (χ2n) is 6.00. The molecule has 0 aliphatic carbocycles. The average Bonchev–Trinajstić information content (AvgIpc) is 3.15.